The Morgan fingerprint density at radius 1 is 0.895 bits per heavy atom. The molecule has 0 fully saturated rings. The van der Waals surface area contributed by atoms with Crippen molar-refractivity contribution in [2.75, 3.05) is 0 Å². The Morgan fingerprint density at radius 3 is 2.21 bits per heavy atom. The Labute approximate surface area is 119 Å². The average molecular weight is 256 g/mol. The second kappa shape index (κ2) is 10.6. The van der Waals surface area contributed by atoms with Gasteiger partial charge in [-0.05, 0) is 24.0 Å². The van der Waals surface area contributed by atoms with E-state index in [1.54, 1.807) is 0 Å². The number of unbranched alkanes of at least 4 members (excludes halogenated alkanes) is 7. The van der Waals surface area contributed by atoms with E-state index >= 15 is 0 Å². The van der Waals surface area contributed by atoms with Crippen LogP contribution in [-0.4, -0.2) is 0 Å². The van der Waals surface area contributed by atoms with Gasteiger partial charge in [-0.25, -0.2) is 0 Å². The van der Waals surface area contributed by atoms with Gasteiger partial charge in [-0.1, -0.05) is 94.5 Å². The zero-order valence-corrected chi connectivity index (χ0v) is 12.4. The molecule has 0 aliphatic rings. The van der Waals surface area contributed by atoms with Gasteiger partial charge in [0.15, 0.2) is 0 Å². The third-order valence-electron chi connectivity index (χ3n) is 3.49. The van der Waals surface area contributed by atoms with E-state index in [1.807, 2.05) is 6.08 Å². The van der Waals surface area contributed by atoms with Gasteiger partial charge >= 0.3 is 0 Å². The highest BCUT2D eigenvalue weighted by Crippen LogP contribution is 2.13. The minimum Gasteiger partial charge on any atom is -0.0984 e. The summed E-state index contributed by atoms with van der Waals surface area (Å²) < 4.78 is 0. The van der Waals surface area contributed by atoms with Gasteiger partial charge in [0.1, 0.15) is 0 Å². The standard InChI is InChI=1S/C19H28/c1-3-5-6-7-8-9-10-11-12-16-19-17-14-13-15-18(19)4-2/h4,12-17H,2-3,5-11H2,1H3. The molecule has 0 aromatic heterocycles. The van der Waals surface area contributed by atoms with E-state index < -0.39 is 0 Å². The van der Waals surface area contributed by atoms with Crippen molar-refractivity contribution in [1.29, 1.82) is 0 Å². The van der Waals surface area contributed by atoms with Crippen molar-refractivity contribution in [2.45, 2.75) is 58.3 Å². The van der Waals surface area contributed by atoms with Crippen LogP contribution in [0.3, 0.4) is 0 Å². The second-order valence-corrected chi connectivity index (χ2v) is 5.15. The molecule has 104 valence electrons. The molecule has 1 rings (SSSR count). The predicted octanol–water partition coefficient (Wildman–Crippen LogP) is 6.48. The van der Waals surface area contributed by atoms with Gasteiger partial charge in [0.2, 0.25) is 0 Å². The van der Waals surface area contributed by atoms with Crippen molar-refractivity contribution < 1.29 is 0 Å². The number of rotatable bonds is 10. The summed E-state index contributed by atoms with van der Waals surface area (Å²) in [7, 11) is 0. The maximum atomic E-state index is 3.85. The summed E-state index contributed by atoms with van der Waals surface area (Å²) >= 11 is 0. The monoisotopic (exact) mass is 256 g/mol. The van der Waals surface area contributed by atoms with Crippen molar-refractivity contribution in [2.24, 2.45) is 0 Å². The molecule has 0 N–H and O–H groups in total. The lowest BCUT2D eigenvalue weighted by Crippen LogP contribution is -1.80. The van der Waals surface area contributed by atoms with Gasteiger partial charge in [0.25, 0.3) is 0 Å². The van der Waals surface area contributed by atoms with E-state index in [9.17, 15) is 0 Å². The Hall–Kier alpha value is -1.30. The molecule has 0 unspecified atom stereocenters. The maximum Gasteiger partial charge on any atom is -0.0187 e. The Balaban J connectivity index is 2.15. The number of hydrogen-bond acceptors (Lipinski definition) is 0. The zero-order chi connectivity index (χ0) is 13.8. The molecule has 0 radical (unpaired) electrons. The van der Waals surface area contributed by atoms with E-state index in [0.717, 1.165) is 0 Å². The largest absolute Gasteiger partial charge is 0.0984 e. The van der Waals surface area contributed by atoms with Gasteiger partial charge in [0.05, 0.1) is 0 Å². The van der Waals surface area contributed by atoms with Crippen LogP contribution in [0.1, 0.15) is 69.4 Å². The predicted molar refractivity (Wildman–Crippen MR) is 88.2 cm³/mol. The fourth-order valence-corrected chi connectivity index (χ4v) is 2.28. The quantitative estimate of drug-likeness (QED) is 0.420. The number of hydrogen-bond donors (Lipinski definition) is 0. The molecule has 0 atom stereocenters. The van der Waals surface area contributed by atoms with Gasteiger partial charge in [0, 0.05) is 0 Å². The Bertz CT molecular complexity index is 373. The molecule has 0 saturated heterocycles. The molecule has 0 aliphatic heterocycles. The van der Waals surface area contributed by atoms with Crippen molar-refractivity contribution in [3.05, 3.63) is 48.0 Å². The minimum absolute atomic E-state index is 1.19. The Kier molecular flexibility index (Phi) is 8.80. The SMILES string of the molecule is C=Cc1ccccc1C=CCCCCCCCCC. The van der Waals surface area contributed by atoms with E-state index in [-0.39, 0.29) is 0 Å². The van der Waals surface area contributed by atoms with Crippen LogP contribution in [-0.2, 0) is 0 Å². The Morgan fingerprint density at radius 2 is 1.53 bits per heavy atom. The molecule has 1 aromatic carbocycles. The third-order valence-corrected chi connectivity index (χ3v) is 3.49. The summed E-state index contributed by atoms with van der Waals surface area (Å²) in [5, 5.41) is 0. The molecule has 0 spiro atoms. The van der Waals surface area contributed by atoms with Crippen molar-refractivity contribution in [1.82, 2.24) is 0 Å². The lowest BCUT2D eigenvalue weighted by Gasteiger charge is -2.00. The third kappa shape index (κ3) is 7.00. The maximum absolute atomic E-state index is 3.85. The smallest absolute Gasteiger partial charge is 0.0187 e. The zero-order valence-electron chi connectivity index (χ0n) is 12.4. The van der Waals surface area contributed by atoms with Gasteiger partial charge in [-0.15, -0.1) is 0 Å². The molecule has 0 nitrogen and oxygen atoms in total. The molecule has 0 saturated carbocycles. The fraction of sp³-hybridized carbons (Fsp3) is 0.474. The molecular weight excluding hydrogens is 228 g/mol. The van der Waals surface area contributed by atoms with Gasteiger partial charge in [-0.2, -0.15) is 0 Å². The summed E-state index contributed by atoms with van der Waals surface area (Å²) in [6.07, 6.45) is 17.3. The van der Waals surface area contributed by atoms with E-state index in [4.69, 9.17) is 0 Å². The topological polar surface area (TPSA) is 0 Å². The van der Waals surface area contributed by atoms with Crippen LogP contribution in [0.5, 0.6) is 0 Å². The van der Waals surface area contributed by atoms with Crippen LogP contribution in [0.15, 0.2) is 36.9 Å². The molecule has 0 amide bonds. The van der Waals surface area contributed by atoms with Gasteiger partial charge < -0.3 is 0 Å². The van der Waals surface area contributed by atoms with Crippen LogP contribution in [0.25, 0.3) is 12.2 Å². The van der Waals surface area contributed by atoms with E-state index in [2.05, 4.69) is 49.9 Å². The highest BCUT2D eigenvalue weighted by Gasteiger charge is 1.93. The molecule has 0 heteroatoms. The lowest BCUT2D eigenvalue weighted by molar-refractivity contribution is 0.592. The first-order valence-corrected chi connectivity index (χ1v) is 7.76. The van der Waals surface area contributed by atoms with Crippen LogP contribution >= 0.6 is 0 Å². The molecule has 0 bridgehead atoms. The molecule has 19 heavy (non-hydrogen) atoms. The van der Waals surface area contributed by atoms with Crippen LogP contribution in [0.4, 0.5) is 0 Å². The van der Waals surface area contributed by atoms with E-state index in [1.165, 1.54) is 62.5 Å². The number of allylic oxidation sites excluding steroid dienone is 1. The van der Waals surface area contributed by atoms with Crippen LogP contribution in [0, 0.1) is 0 Å². The van der Waals surface area contributed by atoms with Gasteiger partial charge in [-0.3, -0.25) is 0 Å². The average Bonchev–Trinajstić information content (AvgIpc) is 2.46. The highest BCUT2D eigenvalue weighted by atomic mass is 14.0. The van der Waals surface area contributed by atoms with Crippen molar-refractivity contribution in [3.8, 4) is 0 Å². The summed E-state index contributed by atoms with van der Waals surface area (Å²) in [5.74, 6) is 0. The first-order valence-electron chi connectivity index (χ1n) is 7.76. The van der Waals surface area contributed by atoms with Crippen molar-refractivity contribution in [3.63, 3.8) is 0 Å². The van der Waals surface area contributed by atoms with Crippen LogP contribution < -0.4 is 0 Å². The second-order valence-electron chi connectivity index (χ2n) is 5.15. The first kappa shape index (κ1) is 15.8. The summed E-state index contributed by atoms with van der Waals surface area (Å²) in [6, 6.07) is 8.41. The minimum atomic E-state index is 1.19. The molecule has 0 aliphatic carbocycles. The molecule has 0 heterocycles. The highest BCUT2D eigenvalue weighted by molar-refractivity contribution is 5.64. The van der Waals surface area contributed by atoms with Crippen LogP contribution in [0.2, 0.25) is 0 Å². The lowest BCUT2D eigenvalue weighted by atomic mass is 10.1. The molecule has 1 aromatic rings. The molecular formula is C19H28. The summed E-state index contributed by atoms with van der Waals surface area (Å²) in [4.78, 5) is 0. The van der Waals surface area contributed by atoms with E-state index in [0.29, 0.717) is 0 Å². The fourth-order valence-electron chi connectivity index (χ4n) is 2.28. The summed E-state index contributed by atoms with van der Waals surface area (Å²) in [6.45, 7) is 6.12. The normalized spacial score (nSPS) is 11.0. The van der Waals surface area contributed by atoms with Crippen molar-refractivity contribution >= 4 is 12.2 Å². The number of benzene rings is 1. The summed E-state index contributed by atoms with van der Waals surface area (Å²) in [5.41, 5.74) is 2.50. The first-order chi connectivity index (χ1) is 9.38.